The number of benzene rings is 1. The number of hydrogen-bond acceptors (Lipinski definition) is 3. The van der Waals surface area contributed by atoms with Gasteiger partial charge in [0.1, 0.15) is 6.17 Å². The van der Waals surface area contributed by atoms with Crippen LogP contribution < -0.4 is 10.6 Å². The number of pyridine rings is 1. The lowest BCUT2D eigenvalue weighted by Gasteiger charge is -2.27. The molecule has 1 aromatic carbocycles. The number of nitrogens with zero attached hydrogens (tertiary/aromatic N) is 1. The van der Waals surface area contributed by atoms with Crippen LogP contribution in [-0.4, -0.2) is 4.98 Å². The van der Waals surface area contributed by atoms with Crippen LogP contribution in [0.4, 0.5) is 5.69 Å². The summed E-state index contributed by atoms with van der Waals surface area (Å²) in [4.78, 5) is 4.33. The van der Waals surface area contributed by atoms with Gasteiger partial charge in [-0.2, -0.15) is 0 Å². The molecule has 3 nitrogen and oxygen atoms in total. The summed E-state index contributed by atoms with van der Waals surface area (Å²) in [6, 6.07) is 12.3. The van der Waals surface area contributed by atoms with Gasteiger partial charge >= 0.3 is 0 Å². The first-order valence-electron chi connectivity index (χ1n) is 5.52. The zero-order valence-corrected chi connectivity index (χ0v) is 10.7. The zero-order valence-electron chi connectivity index (χ0n) is 9.15. The van der Waals surface area contributed by atoms with E-state index in [9.17, 15) is 0 Å². The number of anilines is 1. The number of rotatable bonds is 1. The summed E-state index contributed by atoms with van der Waals surface area (Å²) in [6.45, 7) is 0.796. The van der Waals surface area contributed by atoms with Crippen LogP contribution in [0.2, 0.25) is 0 Å². The minimum absolute atomic E-state index is 0.153. The van der Waals surface area contributed by atoms with E-state index in [-0.39, 0.29) is 6.17 Å². The molecule has 4 heteroatoms. The van der Waals surface area contributed by atoms with Crippen molar-refractivity contribution in [2.45, 2.75) is 12.7 Å². The Bertz CT molecular complexity index is 524. The summed E-state index contributed by atoms with van der Waals surface area (Å²) in [5, 5.41) is 6.87. The van der Waals surface area contributed by atoms with Crippen LogP contribution in [0.1, 0.15) is 17.4 Å². The van der Waals surface area contributed by atoms with Crippen molar-refractivity contribution in [2.24, 2.45) is 0 Å². The monoisotopic (exact) mass is 289 g/mol. The highest BCUT2D eigenvalue weighted by Gasteiger charge is 2.18. The Labute approximate surface area is 108 Å². The van der Waals surface area contributed by atoms with Gasteiger partial charge in [0, 0.05) is 17.2 Å². The molecule has 0 amide bonds. The van der Waals surface area contributed by atoms with E-state index in [0.29, 0.717) is 0 Å². The van der Waals surface area contributed by atoms with Gasteiger partial charge in [-0.1, -0.05) is 28.1 Å². The average Bonchev–Trinajstić information content (AvgIpc) is 2.39. The van der Waals surface area contributed by atoms with Crippen LogP contribution in [0.3, 0.4) is 0 Å². The average molecular weight is 290 g/mol. The SMILES string of the molecule is Brc1ccc(C2NCc3ncccc3N2)cc1. The standard InChI is InChI=1S/C13H12BrN3/c14-10-5-3-9(4-6-10)13-16-8-12-11(17-13)2-1-7-15-12/h1-7,13,16-17H,8H2. The molecule has 86 valence electrons. The van der Waals surface area contributed by atoms with Crippen molar-refractivity contribution in [3.05, 3.63) is 58.3 Å². The molecule has 2 N–H and O–H groups in total. The van der Waals surface area contributed by atoms with Crippen LogP contribution in [-0.2, 0) is 6.54 Å². The van der Waals surface area contributed by atoms with Gasteiger partial charge in [-0.05, 0) is 29.8 Å². The second-order valence-electron chi connectivity index (χ2n) is 4.01. The zero-order chi connectivity index (χ0) is 11.7. The number of nitrogens with one attached hydrogen (secondary N) is 2. The van der Waals surface area contributed by atoms with E-state index in [1.165, 1.54) is 5.56 Å². The van der Waals surface area contributed by atoms with Crippen molar-refractivity contribution < 1.29 is 0 Å². The maximum Gasteiger partial charge on any atom is 0.104 e. The molecule has 0 bridgehead atoms. The number of hydrogen-bond donors (Lipinski definition) is 2. The Balaban J connectivity index is 1.86. The molecule has 2 heterocycles. The van der Waals surface area contributed by atoms with Gasteiger partial charge in [0.05, 0.1) is 11.4 Å². The fraction of sp³-hybridized carbons (Fsp3) is 0.154. The van der Waals surface area contributed by atoms with E-state index in [1.807, 2.05) is 12.3 Å². The molecule has 1 unspecified atom stereocenters. The van der Waals surface area contributed by atoms with Crippen LogP contribution in [0.5, 0.6) is 0 Å². The minimum Gasteiger partial charge on any atom is -0.364 e. The van der Waals surface area contributed by atoms with Gasteiger partial charge < -0.3 is 5.32 Å². The normalized spacial score (nSPS) is 18.3. The van der Waals surface area contributed by atoms with Crippen LogP contribution in [0.25, 0.3) is 0 Å². The maximum absolute atomic E-state index is 4.33. The van der Waals surface area contributed by atoms with Crippen molar-refractivity contribution >= 4 is 21.6 Å². The van der Waals surface area contributed by atoms with E-state index in [4.69, 9.17) is 0 Å². The minimum atomic E-state index is 0.153. The first-order chi connectivity index (χ1) is 8.33. The molecule has 1 atom stereocenters. The summed E-state index contributed by atoms with van der Waals surface area (Å²) >= 11 is 3.44. The number of fused-ring (bicyclic) bond motifs is 1. The molecule has 0 aliphatic carbocycles. The molecule has 0 saturated carbocycles. The first kappa shape index (κ1) is 10.7. The molecule has 0 spiro atoms. The molecule has 0 radical (unpaired) electrons. The molecular weight excluding hydrogens is 278 g/mol. The molecule has 2 aromatic rings. The van der Waals surface area contributed by atoms with Crippen LogP contribution >= 0.6 is 15.9 Å². The van der Waals surface area contributed by atoms with Crippen LogP contribution in [0, 0.1) is 0 Å². The quantitative estimate of drug-likeness (QED) is 0.847. The Morgan fingerprint density at radius 2 is 2.00 bits per heavy atom. The second kappa shape index (κ2) is 4.47. The summed E-state index contributed by atoms with van der Waals surface area (Å²) in [7, 11) is 0. The van der Waals surface area contributed by atoms with E-state index in [0.717, 1.165) is 22.4 Å². The summed E-state index contributed by atoms with van der Waals surface area (Å²) in [6.07, 6.45) is 1.97. The Morgan fingerprint density at radius 3 is 2.82 bits per heavy atom. The first-order valence-corrected chi connectivity index (χ1v) is 6.31. The topological polar surface area (TPSA) is 37.0 Å². The molecule has 3 rings (SSSR count). The fourth-order valence-corrected chi connectivity index (χ4v) is 2.24. The van der Waals surface area contributed by atoms with Crippen molar-refractivity contribution in [3.8, 4) is 0 Å². The van der Waals surface area contributed by atoms with Crippen molar-refractivity contribution in [3.63, 3.8) is 0 Å². The molecule has 1 aliphatic heterocycles. The third-order valence-corrected chi connectivity index (χ3v) is 3.40. The molecular formula is C13H12BrN3. The molecule has 1 aromatic heterocycles. The van der Waals surface area contributed by atoms with Crippen molar-refractivity contribution in [1.82, 2.24) is 10.3 Å². The Hall–Kier alpha value is -1.39. The van der Waals surface area contributed by atoms with Gasteiger partial charge in [-0.3, -0.25) is 10.3 Å². The van der Waals surface area contributed by atoms with Gasteiger partial charge in [0.25, 0.3) is 0 Å². The van der Waals surface area contributed by atoms with Gasteiger partial charge in [-0.15, -0.1) is 0 Å². The van der Waals surface area contributed by atoms with E-state index >= 15 is 0 Å². The summed E-state index contributed by atoms with van der Waals surface area (Å²) < 4.78 is 1.10. The predicted molar refractivity (Wildman–Crippen MR) is 71.6 cm³/mol. The Kier molecular flexibility index (Phi) is 2.82. The lowest BCUT2D eigenvalue weighted by Crippen LogP contribution is -2.33. The van der Waals surface area contributed by atoms with E-state index < -0.39 is 0 Å². The fourth-order valence-electron chi connectivity index (χ4n) is 1.97. The van der Waals surface area contributed by atoms with Crippen molar-refractivity contribution in [1.29, 1.82) is 0 Å². The number of halogens is 1. The third kappa shape index (κ3) is 2.18. The smallest absolute Gasteiger partial charge is 0.104 e. The molecule has 0 saturated heterocycles. The lowest BCUT2D eigenvalue weighted by molar-refractivity contribution is 0.556. The van der Waals surface area contributed by atoms with E-state index in [2.05, 4.69) is 61.9 Å². The molecule has 0 fully saturated rings. The van der Waals surface area contributed by atoms with Gasteiger partial charge in [-0.25, -0.2) is 0 Å². The molecule has 1 aliphatic rings. The summed E-state index contributed by atoms with van der Waals surface area (Å²) in [5.74, 6) is 0. The number of aromatic nitrogens is 1. The highest BCUT2D eigenvalue weighted by atomic mass is 79.9. The van der Waals surface area contributed by atoms with E-state index in [1.54, 1.807) is 0 Å². The summed E-state index contributed by atoms with van der Waals surface area (Å²) in [5.41, 5.74) is 3.41. The highest BCUT2D eigenvalue weighted by molar-refractivity contribution is 9.10. The van der Waals surface area contributed by atoms with Gasteiger partial charge in [0.2, 0.25) is 0 Å². The highest BCUT2D eigenvalue weighted by Crippen LogP contribution is 2.25. The maximum atomic E-state index is 4.33. The lowest BCUT2D eigenvalue weighted by atomic mass is 10.1. The Morgan fingerprint density at radius 1 is 1.18 bits per heavy atom. The van der Waals surface area contributed by atoms with Crippen LogP contribution in [0.15, 0.2) is 47.1 Å². The second-order valence-corrected chi connectivity index (χ2v) is 4.92. The van der Waals surface area contributed by atoms with Crippen molar-refractivity contribution in [2.75, 3.05) is 5.32 Å². The molecule has 17 heavy (non-hydrogen) atoms. The largest absolute Gasteiger partial charge is 0.364 e. The van der Waals surface area contributed by atoms with Gasteiger partial charge in [0.15, 0.2) is 0 Å². The predicted octanol–water partition coefficient (Wildman–Crippen LogP) is 3.06. The third-order valence-electron chi connectivity index (χ3n) is 2.87.